The van der Waals surface area contributed by atoms with Crippen molar-refractivity contribution in [1.29, 1.82) is 0 Å². The Morgan fingerprint density at radius 2 is 0.314 bits per heavy atom. The fraction of sp³-hybridized carbons (Fsp3) is 0.769. The van der Waals surface area contributed by atoms with Crippen molar-refractivity contribution in [1.82, 2.24) is 19.6 Å². The summed E-state index contributed by atoms with van der Waals surface area (Å²) in [5.74, 6) is -19.3. The van der Waals surface area contributed by atoms with Crippen LogP contribution in [0.5, 0.6) is 0 Å². The topological polar surface area (TPSA) is 540 Å². The molecule has 0 saturated carbocycles. The van der Waals surface area contributed by atoms with E-state index in [1.165, 1.54) is 154 Å². The number of carboxylic acid groups (broad SMARTS) is 12. The maximum absolute atomic E-state index is 12.3. The standard InChI is InChI=1S/4C26H45NO7.4Na/c4*1-2-3-4-5-6-7-8-9-10-11-12-13-14-15-16-17-20-27(23(28)18-19-24(29)30)22(26(33)34)21-25(31)32;;;;/h4*9-10,22H,2-8,11-21H2,1H3,(H,29,30)(H,31,32)(H,33,34);;;;/q;;;;4*+1/p-4/b4*10-9-;;;;. The van der Waals surface area contributed by atoms with E-state index in [1.54, 1.807) is 0 Å². The van der Waals surface area contributed by atoms with E-state index >= 15 is 0 Å². The minimum absolute atomic E-state index is 0. The molecule has 0 aliphatic rings. The SMILES string of the molecule is CCCCCCCC/C=C\CCCCCCCCN(C(=O)CCC(=O)[O-])C(CC(=O)O)C(=O)O.CCCCCCCC/C=C\CCCCCCCCN(C(=O)CCC(=O)[O-])C(CC(=O)O)C(=O)O.CCCCCCCC/C=C\CCCCCCCCN(C(=O)CCC(=O)[O-])C(CC(=O)O)C(=O)O.CCCCCCCC/C=C\CCCCCCCCN(C(=O)CCC(=O)[O-])C(CC(=O)O)C(=O)O.[Na+].[Na+].[Na+].[Na+]. The van der Waals surface area contributed by atoms with Gasteiger partial charge in [-0.3, -0.25) is 38.4 Å². The summed E-state index contributed by atoms with van der Waals surface area (Å²) >= 11 is 0. The van der Waals surface area contributed by atoms with Crippen molar-refractivity contribution < 1.29 is 256 Å². The molecule has 36 heteroatoms. The number of hydrogen-bond donors (Lipinski definition) is 8. The molecular weight excluding hydrogens is 1850 g/mol. The first-order valence-corrected chi connectivity index (χ1v) is 51.5. The van der Waals surface area contributed by atoms with Crippen molar-refractivity contribution in [3.05, 3.63) is 48.6 Å². The van der Waals surface area contributed by atoms with Gasteiger partial charge < -0.3 is 100 Å². The number of carbonyl (C=O) groups excluding carboxylic acids is 8. The van der Waals surface area contributed by atoms with Crippen LogP contribution in [0.15, 0.2) is 48.6 Å². The van der Waals surface area contributed by atoms with Gasteiger partial charge in [0.1, 0.15) is 24.2 Å². The van der Waals surface area contributed by atoms with Crippen molar-refractivity contribution in [3.63, 3.8) is 0 Å². The second-order valence-corrected chi connectivity index (χ2v) is 35.4. The summed E-state index contributed by atoms with van der Waals surface area (Å²) in [4.78, 5) is 186. The first-order chi connectivity index (χ1) is 65.2. The number of allylic oxidation sites excluding steroid dienone is 8. The van der Waals surface area contributed by atoms with Crippen molar-refractivity contribution in [3.8, 4) is 0 Å². The normalized spacial score (nSPS) is 11.7. The average Bonchev–Trinajstić information content (AvgIpc) is 0.879. The Morgan fingerprint density at radius 3 is 0.429 bits per heavy atom. The Bertz CT molecular complexity index is 2920. The molecule has 0 aliphatic carbocycles. The summed E-state index contributed by atoms with van der Waals surface area (Å²) in [6, 6.07) is -6.02. The fourth-order valence-electron chi connectivity index (χ4n) is 15.3. The molecule has 0 heterocycles. The Balaban J connectivity index is -0.000000274. The largest absolute Gasteiger partial charge is 1.00 e. The zero-order valence-electron chi connectivity index (χ0n) is 87.4. The van der Waals surface area contributed by atoms with E-state index in [2.05, 4.69) is 76.3 Å². The van der Waals surface area contributed by atoms with E-state index in [0.717, 1.165) is 199 Å². The number of hydrogen-bond acceptors (Lipinski definition) is 20. The van der Waals surface area contributed by atoms with Crippen LogP contribution in [0.1, 0.15) is 464 Å². The molecule has 8 N–H and O–H groups in total. The second kappa shape index (κ2) is 109. The van der Waals surface area contributed by atoms with Crippen molar-refractivity contribution in [2.45, 2.75) is 488 Å². The molecule has 4 amide bonds. The molecule has 0 radical (unpaired) electrons. The summed E-state index contributed by atoms with van der Waals surface area (Å²) in [5, 5.41) is 116. The van der Waals surface area contributed by atoms with Gasteiger partial charge >= 0.3 is 166 Å². The van der Waals surface area contributed by atoms with E-state index in [9.17, 15) is 118 Å². The van der Waals surface area contributed by atoms with Crippen molar-refractivity contribution in [2.75, 3.05) is 26.2 Å². The van der Waals surface area contributed by atoms with Gasteiger partial charge in [0.25, 0.3) is 0 Å². The van der Waals surface area contributed by atoms with Gasteiger partial charge in [-0.25, -0.2) is 19.2 Å². The summed E-state index contributed by atoms with van der Waals surface area (Å²) in [5.41, 5.74) is 0. The molecular formula is C104H176N4Na4O28. The maximum atomic E-state index is 12.3. The number of aliphatic carboxylic acids is 12. The Hall–Kier alpha value is -5.52. The smallest absolute Gasteiger partial charge is 0.550 e. The van der Waals surface area contributed by atoms with Crippen LogP contribution in [-0.2, 0) is 76.7 Å². The number of carbonyl (C=O) groups is 16. The Labute approximate surface area is 925 Å². The third-order valence-corrected chi connectivity index (χ3v) is 23.2. The van der Waals surface area contributed by atoms with Gasteiger partial charge in [0.2, 0.25) is 23.6 Å². The molecule has 0 aromatic heterocycles. The van der Waals surface area contributed by atoms with E-state index in [-0.39, 0.29) is 144 Å². The third-order valence-electron chi connectivity index (χ3n) is 23.2. The molecule has 784 valence electrons. The Morgan fingerprint density at radius 1 is 0.193 bits per heavy atom. The predicted octanol–water partition coefficient (Wildman–Crippen LogP) is 5.26. The summed E-state index contributed by atoms with van der Waals surface area (Å²) in [7, 11) is 0. The minimum Gasteiger partial charge on any atom is -0.550 e. The van der Waals surface area contributed by atoms with E-state index in [4.69, 9.17) is 20.4 Å². The van der Waals surface area contributed by atoms with Crippen LogP contribution in [-0.4, -0.2) is 206 Å². The molecule has 0 rings (SSSR count). The maximum Gasteiger partial charge on any atom is 1.00 e. The summed E-state index contributed by atoms with van der Waals surface area (Å²) < 4.78 is 0. The Kier molecular flexibility index (Phi) is 117. The number of nitrogens with zero attached hydrogens (tertiary/aromatic N) is 4. The number of rotatable bonds is 92. The van der Waals surface area contributed by atoms with Gasteiger partial charge in [0, 0.05) is 75.7 Å². The zero-order chi connectivity index (χ0) is 102. The van der Waals surface area contributed by atoms with Gasteiger partial charge in [-0.05, 0) is 154 Å². The number of amides is 4. The van der Waals surface area contributed by atoms with Crippen LogP contribution in [0.3, 0.4) is 0 Å². The molecule has 0 spiro atoms. The van der Waals surface area contributed by atoms with Gasteiger partial charge in [0.15, 0.2) is 0 Å². The fourth-order valence-corrected chi connectivity index (χ4v) is 15.3. The third kappa shape index (κ3) is 101. The molecule has 0 fully saturated rings. The van der Waals surface area contributed by atoms with E-state index in [1.807, 2.05) is 0 Å². The van der Waals surface area contributed by atoms with Crippen molar-refractivity contribution >= 4 is 95.3 Å². The molecule has 0 saturated heterocycles. The first kappa shape index (κ1) is 150. The molecule has 4 unspecified atom stereocenters. The molecule has 140 heavy (non-hydrogen) atoms. The van der Waals surface area contributed by atoms with Gasteiger partial charge in [-0.2, -0.15) is 0 Å². The summed E-state index contributed by atoms with van der Waals surface area (Å²) in [6.07, 6.45) is 74.2. The van der Waals surface area contributed by atoms with Gasteiger partial charge in [-0.15, -0.1) is 0 Å². The average molecular weight is 2020 g/mol. The van der Waals surface area contributed by atoms with Crippen LogP contribution < -0.4 is 139 Å². The molecule has 0 aliphatic heterocycles. The molecule has 4 atom stereocenters. The van der Waals surface area contributed by atoms with Gasteiger partial charge in [0.05, 0.1) is 25.7 Å². The monoisotopic (exact) mass is 2020 g/mol. The first-order valence-electron chi connectivity index (χ1n) is 51.5. The summed E-state index contributed by atoms with van der Waals surface area (Å²) in [6.45, 7) is 9.29. The van der Waals surface area contributed by atoms with E-state index in [0.29, 0.717) is 25.7 Å². The van der Waals surface area contributed by atoms with Crippen LogP contribution >= 0.6 is 0 Å². The van der Waals surface area contributed by atoms with Crippen LogP contribution in [0.4, 0.5) is 0 Å². The zero-order valence-corrected chi connectivity index (χ0v) is 95.4. The van der Waals surface area contributed by atoms with Crippen LogP contribution in [0.2, 0.25) is 0 Å². The quantitative estimate of drug-likeness (QED) is 0.0219. The number of carboxylic acids is 12. The number of unbranched alkanes of at least 4 members (excludes halogenated alkanes) is 48. The molecule has 0 aromatic carbocycles. The van der Waals surface area contributed by atoms with E-state index < -0.39 is 196 Å². The molecule has 0 aromatic rings. The minimum atomic E-state index is -1.50. The second-order valence-electron chi connectivity index (χ2n) is 35.4. The van der Waals surface area contributed by atoms with Gasteiger partial charge in [-0.1, -0.05) is 307 Å². The molecule has 32 nitrogen and oxygen atoms in total. The van der Waals surface area contributed by atoms with Crippen LogP contribution in [0, 0.1) is 0 Å². The van der Waals surface area contributed by atoms with Crippen LogP contribution in [0.25, 0.3) is 0 Å². The molecule has 0 bridgehead atoms. The van der Waals surface area contributed by atoms with Crippen molar-refractivity contribution in [2.24, 2.45) is 0 Å². The predicted molar refractivity (Wildman–Crippen MR) is 516 cm³/mol.